The van der Waals surface area contributed by atoms with Crippen LogP contribution in [0.4, 0.5) is 5.13 Å². The fraction of sp³-hybridized carbons (Fsp3) is 0.538. The van der Waals surface area contributed by atoms with E-state index in [1.165, 1.54) is 10.6 Å². The smallest absolute Gasteiger partial charge is 0.185 e. The molecule has 2 aromatic rings. The molecule has 4 rings (SSSR count). The second-order valence-corrected chi connectivity index (χ2v) is 6.11. The minimum Gasteiger partial charge on any atom is -0.375 e. The number of thiazole rings is 1. The Morgan fingerprint density at radius 1 is 1.42 bits per heavy atom. The predicted molar refractivity (Wildman–Crippen MR) is 73.6 cm³/mol. The highest BCUT2D eigenvalue weighted by atomic mass is 32.1. The Kier molecular flexibility index (Phi) is 2.77. The lowest BCUT2D eigenvalue weighted by atomic mass is 10.2. The lowest BCUT2D eigenvalue weighted by Crippen LogP contribution is -2.20. The average Bonchev–Trinajstić information content (AvgIpc) is 3.17. The molecule has 0 radical (unpaired) electrons. The SMILES string of the molecule is c1cnn(C2CCN(c3nc4c(s3)COCC4)C2)c1. The maximum absolute atomic E-state index is 5.49. The molecular weight excluding hydrogens is 260 g/mol. The van der Waals surface area contributed by atoms with E-state index in [2.05, 4.69) is 20.9 Å². The number of hydrogen-bond acceptors (Lipinski definition) is 5. The highest BCUT2D eigenvalue weighted by Gasteiger charge is 2.27. The van der Waals surface area contributed by atoms with Crippen molar-refractivity contribution in [2.75, 3.05) is 24.6 Å². The van der Waals surface area contributed by atoms with Crippen molar-refractivity contribution in [3.05, 3.63) is 29.0 Å². The van der Waals surface area contributed by atoms with Gasteiger partial charge in [0.1, 0.15) is 0 Å². The molecule has 0 aromatic carbocycles. The summed E-state index contributed by atoms with van der Waals surface area (Å²) in [6.07, 6.45) is 6.00. The molecule has 0 saturated carbocycles. The lowest BCUT2D eigenvalue weighted by molar-refractivity contribution is 0.112. The minimum atomic E-state index is 0.479. The van der Waals surface area contributed by atoms with Crippen LogP contribution >= 0.6 is 11.3 Å². The van der Waals surface area contributed by atoms with E-state index in [1.54, 1.807) is 11.3 Å². The van der Waals surface area contributed by atoms with Gasteiger partial charge in [-0.15, -0.1) is 0 Å². The van der Waals surface area contributed by atoms with E-state index < -0.39 is 0 Å². The summed E-state index contributed by atoms with van der Waals surface area (Å²) in [4.78, 5) is 8.48. The Hall–Kier alpha value is -1.40. The van der Waals surface area contributed by atoms with Crippen molar-refractivity contribution in [1.82, 2.24) is 14.8 Å². The van der Waals surface area contributed by atoms with Crippen molar-refractivity contribution >= 4 is 16.5 Å². The second kappa shape index (κ2) is 4.61. The number of ether oxygens (including phenoxy) is 1. The normalized spacial score (nSPS) is 22.7. The number of aromatic nitrogens is 3. The van der Waals surface area contributed by atoms with Gasteiger partial charge in [-0.25, -0.2) is 4.98 Å². The molecule has 0 aliphatic carbocycles. The largest absolute Gasteiger partial charge is 0.375 e. The Balaban J connectivity index is 1.53. The molecule has 19 heavy (non-hydrogen) atoms. The van der Waals surface area contributed by atoms with Crippen LogP contribution in [-0.4, -0.2) is 34.5 Å². The van der Waals surface area contributed by atoms with Gasteiger partial charge in [0.05, 0.1) is 29.8 Å². The first-order valence-corrected chi connectivity index (χ1v) is 7.52. The summed E-state index contributed by atoms with van der Waals surface area (Å²) < 4.78 is 7.56. The van der Waals surface area contributed by atoms with Crippen LogP contribution in [0, 0.1) is 0 Å². The van der Waals surface area contributed by atoms with E-state index in [0.717, 1.165) is 44.3 Å². The van der Waals surface area contributed by atoms with Gasteiger partial charge in [0.15, 0.2) is 5.13 Å². The predicted octanol–water partition coefficient (Wildman–Crippen LogP) is 1.86. The Morgan fingerprint density at radius 3 is 3.26 bits per heavy atom. The zero-order valence-corrected chi connectivity index (χ0v) is 11.5. The summed E-state index contributed by atoms with van der Waals surface area (Å²) >= 11 is 1.79. The van der Waals surface area contributed by atoms with Crippen molar-refractivity contribution in [2.24, 2.45) is 0 Å². The molecule has 0 amide bonds. The Bertz CT molecular complexity index is 542. The van der Waals surface area contributed by atoms with Crippen LogP contribution in [0.15, 0.2) is 18.5 Å². The molecule has 4 heterocycles. The van der Waals surface area contributed by atoms with Crippen LogP contribution in [0.2, 0.25) is 0 Å². The molecule has 2 aromatic heterocycles. The van der Waals surface area contributed by atoms with Gasteiger partial charge in [-0.3, -0.25) is 4.68 Å². The summed E-state index contributed by atoms with van der Waals surface area (Å²) in [5.41, 5.74) is 1.24. The quantitative estimate of drug-likeness (QED) is 0.840. The summed E-state index contributed by atoms with van der Waals surface area (Å²) in [6.45, 7) is 3.63. The number of fused-ring (bicyclic) bond motifs is 1. The van der Waals surface area contributed by atoms with Crippen molar-refractivity contribution in [1.29, 1.82) is 0 Å². The first kappa shape index (κ1) is 11.4. The van der Waals surface area contributed by atoms with E-state index in [-0.39, 0.29) is 0 Å². The van der Waals surface area contributed by atoms with Crippen molar-refractivity contribution in [3.8, 4) is 0 Å². The molecule has 0 bridgehead atoms. The third-order valence-corrected chi connectivity index (χ3v) is 4.95. The van der Waals surface area contributed by atoms with Gasteiger partial charge in [-0.1, -0.05) is 11.3 Å². The highest BCUT2D eigenvalue weighted by Crippen LogP contribution is 2.33. The minimum absolute atomic E-state index is 0.479. The maximum atomic E-state index is 5.49. The Labute approximate surface area is 115 Å². The molecule has 2 aliphatic heterocycles. The van der Waals surface area contributed by atoms with Gasteiger partial charge in [0.25, 0.3) is 0 Å². The molecule has 1 unspecified atom stereocenters. The lowest BCUT2D eigenvalue weighted by Gasteiger charge is -2.15. The topological polar surface area (TPSA) is 43.2 Å². The van der Waals surface area contributed by atoms with Crippen LogP contribution in [0.25, 0.3) is 0 Å². The van der Waals surface area contributed by atoms with Crippen LogP contribution < -0.4 is 4.90 Å². The molecule has 6 heteroatoms. The highest BCUT2D eigenvalue weighted by molar-refractivity contribution is 7.15. The van der Waals surface area contributed by atoms with E-state index in [1.807, 2.05) is 12.3 Å². The van der Waals surface area contributed by atoms with E-state index >= 15 is 0 Å². The van der Waals surface area contributed by atoms with Crippen LogP contribution in [0.1, 0.15) is 23.0 Å². The molecule has 1 fully saturated rings. The zero-order chi connectivity index (χ0) is 12.7. The van der Waals surface area contributed by atoms with Crippen molar-refractivity contribution in [2.45, 2.75) is 25.5 Å². The van der Waals surface area contributed by atoms with Crippen LogP contribution in [0.5, 0.6) is 0 Å². The zero-order valence-electron chi connectivity index (χ0n) is 10.7. The molecule has 2 aliphatic rings. The summed E-state index contributed by atoms with van der Waals surface area (Å²) in [6, 6.07) is 2.47. The number of nitrogens with zero attached hydrogens (tertiary/aromatic N) is 4. The molecule has 5 nitrogen and oxygen atoms in total. The summed E-state index contributed by atoms with van der Waals surface area (Å²) in [5, 5.41) is 5.50. The van der Waals surface area contributed by atoms with E-state index in [4.69, 9.17) is 9.72 Å². The van der Waals surface area contributed by atoms with Crippen LogP contribution in [0.3, 0.4) is 0 Å². The average molecular weight is 276 g/mol. The third kappa shape index (κ3) is 2.04. The molecule has 0 spiro atoms. The van der Waals surface area contributed by atoms with Gasteiger partial charge in [0, 0.05) is 31.9 Å². The third-order valence-electron chi connectivity index (χ3n) is 3.82. The number of rotatable bonds is 2. The number of anilines is 1. The number of hydrogen-bond donors (Lipinski definition) is 0. The van der Waals surface area contributed by atoms with Crippen molar-refractivity contribution < 1.29 is 4.74 Å². The second-order valence-electron chi connectivity index (χ2n) is 5.04. The first-order valence-electron chi connectivity index (χ1n) is 6.70. The van der Waals surface area contributed by atoms with Crippen molar-refractivity contribution in [3.63, 3.8) is 0 Å². The maximum Gasteiger partial charge on any atom is 0.185 e. The van der Waals surface area contributed by atoms with Gasteiger partial charge in [-0.2, -0.15) is 5.10 Å². The molecule has 1 atom stereocenters. The fourth-order valence-electron chi connectivity index (χ4n) is 2.77. The first-order chi connectivity index (χ1) is 9.40. The molecule has 1 saturated heterocycles. The Morgan fingerprint density at radius 2 is 2.42 bits per heavy atom. The van der Waals surface area contributed by atoms with Crippen LogP contribution in [-0.2, 0) is 17.8 Å². The monoisotopic (exact) mass is 276 g/mol. The van der Waals surface area contributed by atoms with Gasteiger partial charge >= 0.3 is 0 Å². The van der Waals surface area contributed by atoms with E-state index in [0.29, 0.717) is 6.04 Å². The molecule has 0 N–H and O–H groups in total. The molecular formula is C13H16N4OS. The summed E-state index contributed by atoms with van der Waals surface area (Å²) in [7, 11) is 0. The van der Waals surface area contributed by atoms with Gasteiger partial charge in [0.2, 0.25) is 0 Å². The van der Waals surface area contributed by atoms with Gasteiger partial charge < -0.3 is 9.64 Å². The van der Waals surface area contributed by atoms with Gasteiger partial charge in [-0.05, 0) is 12.5 Å². The summed E-state index contributed by atoms with van der Waals surface area (Å²) in [5.74, 6) is 0. The standard InChI is InChI=1S/C13H16N4OS/c1-4-14-17(5-1)10-2-6-16(8-10)13-15-11-3-7-18-9-12(11)19-13/h1,4-5,10H,2-3,6-9H2. The van der Waals surface area contributed by atoms with E-state index in [9.17, 15) is 0 Å². The fourth-order valence-corrected chi connectivity index (χ4v) is 3.85. The molecule has 100 valence electrons.